The third-order valence-corrected chi connectivity index (χ3v) is 5.92. The number of hydrogen-bond acceptors (Lipinski definition) is 2. The zero-order valence-corrected chi connectivity index (χ0v) is 15.3. The predicted octanol–water partition coefficient (Wildman–Crippen LogP) is 5.03. The number of alkyl halides is 3. The van der Waals surface area contributed by atoms with Crippen molar-refractivity contribution >= 4 is 5.95 Å². The van der Waals surface area contributed by atoms with Gasteiger partial charge in [0.05, 0.1) is 11.0 Å². The lowest BCUT2D eigenvalue weighted by Gasteiger charge is -2.37. The van der Waals surface area contributed by atoms with Crippen LogP contribution in [-0.4, -0.2) is 27.0 Å². The predicted molar refractivity (Wildman–Crippen MR) is 86.4 cm³/mol. The van der Waals surface area contributed by atoms with Crippen molar-refractivity contribution in [2.75, 3.05) is 6.54 Å². The minimum absolute atomic E-state index is 0.161. The van der Waals surface area contributed by atoms with Gasteiger partial charge in [-0.1, -0.05) is 30.7 Å². The fourth-order valence-electron chi connectivity index (χ4n) is 3.16. The van der Waals surface area contributed by atoms with Crippen molar-refractivity contribution in [2.24, 2.45) is 11.3 Å². The summed E-state index contributed by atoms with van der Waals surface area (Å²) >= 11 is 0. The number of hydrogen-bond donors (Lipinski definition) is 0. The van der Waals surface area contributed by atoms with Crippen LogP contribution in [0.2, 0.25) is 0 Å². The zero-order chi connectivity index (χ0) is 18.5. The van der Waals surface area contributed by atoms with Crippen molar-refractivity contribution in [1.82, 2.24) is 9.55 Å². The highest BCUT2D eigenvalue weighted by molar-refractivity contribution is 5.25. The number of aromatic nitrogens is 2. The van der Waals surface area contributed by atoms with E-state index in [9.17, 15) is 18.1 Å². The molecule has 0 aromatic carbocycles. The van der Waals surface area contributed by atoms with Crippen molar-refractivity contribution in [3.63, 3.8) is 0 Å². The van der Waals surface area contributed by atoms with Crippen LogP contribution < -0.4 is 0 Å². The summed E-state index contributed by atoms with van der Waals surface area (Å²) in [7, 11) is 0. The van der Waals surface area contributed by atoms with E-state index in [1.54, 1.807) is 0 Å². The van der Waals surface area contributed by atoms with E-state index in [2.05, 4.69) is 11.9 Å². The minimum atomic E-state index is -4.35. The van der Waals surface area contributed by atoms with Crippen LogP contribution in [0, 0.1) is 30.1 Å². The molecule has 1 aliphatic carbocycles. The minimum Gasteiger partial charge on any atom is -0.222 e. The van der Waals surface area contributed by atoms with Crippen LogP contribution in [0.1, 0.15) is 58.3 Å². The van der Waals surface area contributed by atoms with Gasteiger partial charge in [0.25, 0.3) is 0 Å². The lowest BCUT2D eigenvalue weighted by atomic mass is 9.78. The van der Waals surface area contributed by atoms with Crippen molar-refractivity contribution < 1.29 is 17.9 Å². The molecule has 1 atom stereocenters. The van der Waals surface area contributed by atoms with E-state index >= 15 is 0 Å². The number of aryl methyl sites for hydroxylation is 1. The Bertz CT molecular complexity index is 642. The van der Waals surface area contributed by atoms with Gasteiger partial charge >= 0.3 is 12.1 Å². The van der Waals surface area contributed by atoms with Crippen molar-refractivity contribution in [3.8, 4) is 0 Å². The molecule has 1 aliphatic rings. The Hall–Kier alpha value is -1.40. The molecule has 0 saturated heterocycles. The maximum Gasteiger partial charge on any atom is 0.435 e. The number of rotatable bonds is 5. The fourth-order valence-corrected chi connectivity index (χ4v) is 3.16. The van der Waals surface area contributed by atoms with E-state index in [1.807, 2.05) is 18.4 Å². The van der Waals surface area contributed by atoms with Gasteiger partial charge in [-0.25, -0.2) is 4.57 Å². The Kier molecular flexibility index (Phi) is 4.61. The van der Waals surface area contributed by atoms with Gasteiger partial charge in [0, 0.05) is 5.92 Å². The third-order valence-electron chi connectivity index (χ3n) is 5.92. The summed E-state index contributed by atoms with van der Waals surface area (Å²) in [6.45, 7) is 9.32. The normalized spacial score (nSPS) is 19.0. The van der Waals surface area contributed by atoms with E-state index in [1.165, 1.54) is 6.92 Å². The average Bonchev–Trinajstić information content (AvgIpc) is 2.71. The van der Waals surface area contributed by atoms with Gasteiger partial charge in [-0.05, 0) is 44.8 Å². The first-order valence-corrected chi connectivity index (χ1v) is 8.39. The maximum atomic E-state index is 13.2. The smallest absolute Gasteiger partial charge is 0.222 e. The van der Waals surface area contributed by atoms with Crippen molar-refractivity contribution in [2.45, 2.75) is 72.5 Å². The second-order valence-electron chi connectivity index (χ2n) is 7.95. The first kappa shape index (κ1) is 18.9. The Labute approximate surface area is 141 Å². The van der Waals surface area contributed by atoms with E-state index < -0.39 is 17.5 Å². The molecule has 1 saturated carbocycles. The largest absolute Gasteiger partial charge is 0.435 e. The Morgan fingerprint density at radius 3 is 2.25 bits per heavy atom. The molecule has 4 nitrogen and oxygen atoms in total. The summed E-state index contributed by atoms with van der Waals surface area (Å²) < 4.78 is 42.2. The molecule has 1 heterocycles. The van der Waals surface area contributed by atoms with Crippen LogP contribution in [-0.2, 0) is 5.54 Å². The molecular weight excluding hydrogens is 319 g/mol. The van der Waals surface area contributed by atoms with Gasteiger partial charge in [-0.15, -0.1) is 0 Å². The van der Waals surface area contributed by atoms with Crippen LogP contribution in [0.3, 0.4) is 0 Å². The second-order valence-corrected chi connectivity index (χ2v) is 7.95. The van der Waals surface area contributed by atoms with Crippen LogP contribution in [0.15, 0.2) is 0 Å². The molecule has 7 heteroatoms. The highest BCUT2D eigenvalue weighted by Crippen LogP contribution is 2.45. The third kappa shape index (κ3) is 2.97. The van der Waals surface area contributed by atoms with Gasteiger partial charge in [-0.3, -0.25) is 0 Å². The van der Waals surface area contributed by atoms with Gasteiger partial charge in [0.15, 0.2) is 5.69 Å². The van der Waals surface area contributed by atoms with Crippen LogP contribution in [0.25, 0.3) is 0 Å². The number of halogens is 3. The average molecular weight is 346 g/mol. The quantitative estimate of drug-likeness (QED) is 0.701. The van der Waals surface area contributed by atoms with E-state index in [0.29, 0.717) is 4.76 Å². The molecule has 1 aromatic heterocycles. The molecule has 0 N–H and O–H groups in total. The summed E-state index contributed by atoms with van der Waals surface area (Å²) in [6.07, 6.45) is -1.36. The first-order chi connectivity index (χ1) is 10.8. The molecule has 1 unspecified atom stereocenters. The summed E-state index contributed by atoms with van der Waals surface area (Å²) in [5.74, 6) is -0.619. The lowest BCUT2D eigenvalue weighted by Crippen LogP contribution is -2.42. The number of nitroso groups, excluding NO2 is 1. The topological polar surface area (TPSA) is 37.9 Å². The summed E-state index contributed by atoms with van der Waals surface area (Å²) in [5.41, 5.74) is -0.429. The monoisotopic (exact) mass is 346 g/mol. The first-order valence-electron chi connectivity index (χ1n) is 8.39. The van der Waals surface area contributed by atoms with Crippen LogP contribution in [0.4, 0.5) is 19.1 Å². The molecular formula is C17H27F3N3O+. The maximum absolute atomic E-state index is 13.2. The molecule has 0 spiro atoms. The molecule has 0 radical (unpaired) electrons. The molecule has 136 valence electrons. The second kappa shape index (κ2) is 5.85. The van der Waals surface area contributed by atoms with Gasteiger partial charge in [0.1, 0.15) is 12.2 Å². The molecule has 1 fully saturated rings. The number of imidazole rings is 1. The fraction of sp³-hybridized carbons (Fsp3) is 0.824. The molecule has 1 aromatic rings. The Morgan fingerprint density at radius 1 is 1.29 bits per heavy atom. The summed E-state index contributed by atoms with van der Waals surface area (Å²) in [4.78, 5) is 17.0. The Morgan fingerprint density at radius 2 is 1.83 bits per heavy atom. The SMILES string of the molecule is Cc1nc([N+](=O)CC(C)C(C)(C)C(F)(F)F)n(C2(C)CCC2)c1C. The Balaban J connectivity index is 2.30. The van der Waals surface area contributed by atoms with Gasteiger partial charge in [0.2, 0.25) is 0 Å². The van der Waals surface area contributed by atoms with E-state index in [-0.39, 0.29) is 18.0 Å². The lowest BCUT2D eigenvalue weighted by molar-refractivity contribution is -0.488. The molecule has 24 heavy (non-hydrogen) atoms. The highest BCUT2D eigenvalue weighted by Gasteiger charge is 2.52. The summed E-state index contributed by atoms with van der Waals surface area (Å²) in [5, 5.41) is 0. The summed E-state index contributed by atoms with van der Waals surface area (Å²) in [6, 6.07) is 0. The highest BCUT2D eigenvalue weighted by atomic mass is 19.4. The van der Waals surface area contributed by atoms with E-state index in [0.717, 1.165) is 44.5 Å². The molecule has 2 rings (SSSR count). The molecule has 0 amide bonds. The molecule has 0 bridgehead atoms. The van der Waals surface area contributed by atoms with Crippen molar-refractivity contribution in [1.29, 1.82) is 0 Å². The van der Waals surface area contributed by atoms with E-state index in [4.69, 9.17) is 0 Å². The van der Waals surface area contributed by atoms with Crippen molar-refractivity contribution in [3.05, 3.63) is 16.3 Å². The van der Waals surface area contributed by atoms with Gasteiger partial charge in [-0.2, -0.15) is 13.2 Å². The van der Waals surface area contributed by atoms with Crippen LogP contribution in [0.5, 0.6) is 0 Å². The standard InChI is InChI=1S/C17H27F3N3O/c1-11(15(4,5)17(18,19)20)10-22(24)14-21-12(2)13(3)23(14)16(6)8-7-9-16/h11H,7-10H2,1-6H3/q+1. The van der Waals surface area contributed by atoms with Gasteiger partial charge < -0.3 is 0 Å². The number of nitrogens with zero attached hydrogens (tertiary/aromatic N) is 3. The van der Waals surface area contributed by atoms with Crippen LogP contribution >= 0.6 is 0 Å². The molecule has 0 aliphatic heterocycles. The zero-order valence-electron chi connectivity index (χ0n) is 15.3.